The molecule has 9 heavy (non-hydrogen) atoms. The highest BCUT2D eigenvalue weighted by atomic mass is 15.1. The highest BCUT2D eigenvalue weighted by Crippen LogP contribution is 1.79. The molecular weight excluding hydrogens is 112 g/mol. The van der Waals surface area contributed by atoms with Gasteiger partial charge in [0.2, 0.25) is 0 Å². The molecule has 47 valence electrons. The lowest BCUT2D eigenvalue weighted by Crippen LogP contribution is -2.23. The molecule has 1 radical (unpaired) electrons. The van der Waals surface area contributed by atoms with Gasteiger partial charge in [0.25, 0.3) is 0 Å². The average molecular weight is 122 g/mol. The van der Waals surface area contributed by atoms with E-state index in [1.165, 1.54) is 0 Å². The minimum absolute atomic E-state index is 0.600. The molecule has 0 unspecified atom stereocenters. The third kappa shape index (κ3) is 3.51. The largest absolute Gasteiger partial charge is 0.363 e. The van der Waals surface area contributed by atoms with Crippen LogP contribution in [0.25, 0.3) is 0 Å². The fraction of sp³-hybridized carbons (Fsp3) is 0.286. The van der Waals surface area contributed by atoms with E-state index in [9.17, 15) is 0 Å². The molecule has 0 fully saturated rings. The summed E-state index contributed by atoms with van der Waals surface area (Å²) in [6.07, 6.45) is 5.37. The third-order valence-electron chi connectivity index (χ3n) is 0.840. The van der Waals surface area contributed by atoms with E-state index in [4.69, 9.17) is 5.26 Å². The van der Waals surface area contributed by atoms with Crippen LogP contribution in [0.2, 0.25) is 0 Å². The first kappa shape index (κ1) is 7.93. The van der Waals surface area contributed by atoms with Crippen LogP contribution in [0.4, 0.5) is 0 Å². The smallest absolute Gasteiger partial charge is 0.124 e. The zero-order valence-corrected chi connectivity index (χ0v) is 5.38. The van der Waals surface area contributed by atoms with Gasteiger partial charge in [0, 0.05) is 0 Å². The zero-order chi connectivity index (χ0) is 7.11. The van der Waals surface area contributed by atoms with Gasteiger partial charge in [0.1, 0.15) is 0 Å². The van der Waals surface area contributed by atoms with E-state index >= 15 is 0 Å². The lowest BCUT2D eigenvalue weighted by atomic mass is 10.5. The molecule has 0 aromatic carbocycles. The van der Waals surface area contributed by atoms with Crippen LogP contribution in [0, 0.1) is 11.5 Å². The fourth-order valence-corrected chi connectivity index (χ4v) is 0.468. The molecular formula is C7H10N2+. The van der Waals surface area contributed by atoms with Crippen LogP contribution < -0.4 is 4.90 Å². The van der Waals surface area contributed by atoms with Gasteiger partial charge in [-0.15, -0.1) is 5.26 Å². The minimum Gasteiger partial charge on any atom is -0.124 e. The quantitative estimate of drug-likeness (QED) is 0.236. The highest BCUT2D eigenvalue weighted by molar-refractivity contribution is 4.91. The van der Waals surface area contributed by atoms with E-state index in [0.29, 0.717) is 13.1 Å². The van der Waals surface area contributed by atoms with Gasteiger partial charge >= 0.3 is 6.19 Å². The molecule has 0 spiro atoms. The second-order valence-electron chi connectivity index (χ2n) is 1.58. The van der Waals surface area contributed by atoms with Crippen LogP contribution in [0.15, 0.2) is 25.3 Å². The van der Waals surface area contributed by atoms with E-state index in [1.54, 1.807) is 17.1 Å². The Morgan fingerprint density at radius 1 is 1.33 bits per heavy atom. The van der Waals surface area contributed by atoms with Crippen molar-refractivity contribution in [3.63, 3.8) is 0 Å². The van der Waals surface area contributed by atoms with Gasteiger partial charge in [-0.2, -0.15) is 0 Å². The van der Waals surface area contributed by atoms with Crippen molar-refractivity contribution >= 4 is 0 Å². The summed E-state index contributed by atoms with van der Waals surface area (Å²) >= 11 is 0. The molecule has 0 amide bonds. The Balaban J connectivity index is 3.56. The summed E-state index contributed by atoms with van der Waals surface area (Å²) in [5.41, 5.74) is 0. The standard InChI is InChI=1S/C7H10N2/c1-3-5-9(7-8)6-4-2/h3-4H,1-2,5-6H2/q+1. The topological polar surface area (TPSA) is 29.7 Å². The molecule has 2 nitrogen and oxygen atoms in total. The Bertz CT molecular complexity index is 122. The molecule has 0 saturated heterocycles. The van der Waals surface area contributed by atoms with Crippen LogP contribution in [0.1, 0.15) is 0 Å². The van der Waals surface area contributed by atoms with Crippen LogP contribution in [-0.4, -0.2) is 13.1 Å². The number of nitrogens with zero attached hydrogens (tertiary/aromatic N) is 2. The predicted octanol–water partition coefficient (Wildman–Crippen LogP) is 0.980. The summed E-state index contributed by atoms with van der Waals surface area (Å²) in [6, 6.07) is 0. The number of hydrogen-bond acceptors (Lipinski definition) is 2. The van der Waals surface area contributed by atoms with Gasteiger partial charge in [-0.05, 0) is 12.2 Å². The summed E-state index contributed by atoms with van der Waals surface area (Å²) in [5, 5.41) is 8.37. The summed E-state index contributed by atoms with van der Waals surface area (Å²) in [6.45, 7) is 8.21. The maximum atomic E-state index is 8.37. The minimum atomic E-state index is 0.600. The van der Waals surface area contributed by atoms with Crippen molar-refractivity contribution in [3.8, 4) is 6.19 Å². The lowest BCUT2D eigenvalue weighted by Gasteiger charge is -1.91. The van der Waals surface area contributed by atoms with Gasteiger partial charge in [-0.1, -0.05) is 18.1 Å². The second-order valence-corrected chi connectivity index (χ2v) is 1.58. The zero-order valence-electron chi connectivity index (χ0n) is 5.38. The van der Waals surface area contributed by atoms with Crippen LogP contribution in [0.5, 0.6) is 0 Å². The Morgan fingerprint density at radius 2 is 1.78 bits per heavy atom. The molecule has 0 heterocycles. The first-order chi connectivity index (χ1) is 4.35. The summed E-state index contributed by atoms with van der Waals surface area (Å²) in [5.74, 6) is 0. The molecule has 0 atom stereocenters. The Kier molecular flexibility index (Phi) is 4.47. The van der Waals surface area contributed by atoms with Gasteiger partial charge in [0.05, 0.1) is 0 Å². The van der Waals surface area contributed by atoms with E-state index < -0.39 is 0 Å². The summed E-state index contributed by atoms with van der Waals surface area (Å²) in [7, 11) is 0. The maximum Gasteiger partial charge on any atom is 0.363 e. The third-order valence-corrected chi connectivity index (χ3v) is 0.840. The Hall–Kier alpha value is -1.07. The Morgan fingerprint density at radius 3 is 2.00 bits per heavy atom. The lowest BCUT2D eigenvalue weighted by molar-refractivity contribution is 0.644. The second kappa shape index (κ2) is 5.07. The molecule has 0 bridgehead atoms. The number of nitriles is 1. The van der Waals surface area contributed by atoms with Crippen LogP contribution in [-0.2, 0) is 0 Å². The van der Waals surface area contributed by atoms with E-state index in [-0.39, 0.29) is 0 Å². The van der Waals surface area contributed by atoms with Crippen molar-refractivity contribution in [2.24, 2.45) is 0 Å². The molecule has 0 aromatic heterocycles. The van der Waals surface area contributed by atoms with Gasteiger partial charge in [-0.3, -0.25) is 0 Å². The molecule has 0 aliphatic heterocycles. The fourth-order valence-electron chi connectivity index (χ4n) is 0.468. The molecule has 0 N–H and O–H groups in total. The monoisotopic (exact) mass is 122 g/mol. The first-order valence-electron chi connectivity index (χ1n) is 2.71. The SMILES string of the molecule is C=CC[N+](C#N)CC=C. The van der Waals surface area contributed by atoms with Gasteiger partial charge in [-0.25, -0.2) is 0 Å². The maximum absolute atomic E-state index is 8.37. The van der Waals surface area contributed by atoms with Crippen molar-refractivity contribution in [2.45, 2.75) is 0 Å². The predicted molar refractivity (Wildman–Crippen MR) is 37.9 cm³/mol. The highest BCUT2D eigenvalue weighted by Gasteiger charge is 2.06. The van der Waals surface area contributed by atoms with Crippen molar-refractivity contribution in [2.75, 3.05) is 13.1 Å². The average Bonchev–Trinajstić information content (AvgIpc) is 1.88. The van der Waals surface area contributed by atoms with Gasteiger partial charge < -0.3 is 0 Å². The molecule has 0 aliphatic rings. The van der Waals surface area contributed by atoms with Crippen molar-refractivity contribution in [3.05, 3.63) is 25.3 Å². The van der Waals surface area contributed by atoms with E-state index in [1.807, 2.05) is 6.19 Å². The summed E-state index contributed by atoms with van der Waals surface area (Å²) < 4.78 is 0. The van der Waals surface area contributed by atoms with Crippen LogP contribution in [0.3, 0.4) is 0 Å². The molecule has 0 aromatic rings. The van der Waals surface area contributed by atoms with E-state index in [0.717, 1.165) is 0 Å². The normalized spacial score (nSPS) is 8.44. The van der Waals surface area contributed by atoms with Gasteiger partial charge in [0.15, 0.2) is 13.1 Å². The van der Waals surface area contributed by atoms with Crippen molar-refractivity contribution in [1.29, 1.82) is 5.26 Å². The number of hydrogen-bond donors (Lipinski definition) is 0. The van der Waals surface area contributed by atoms with Crippen molar-refractivity contribution < 1.29 is 0 Å². The van der Waals surface area contributed by atoms with E-state index in [2.05, 4.69) is 13.2 Å². The summed E-state index contributed by atoms with van der Waals surface area (Å²) in [4.78, 5) is 1.56. The Labute approximate surface area is 55.7 Å². The van der Waals surface area contributed by atoms with Crippen molar-refractivity contribution in [1.82, 2.24) is 4.90 Å². The molecule has 0 rings (SSSR count). The van der Waals surface area contributed by atoms with Crippen LogP contribution >= 0.6 is 0 Å². The molecule has 0 aliphatic carbocycles. The molecule has 0 saturated carbocycles. The molecule has 2 heteroatoms. The number of rotatable bonds is 4. The first-order valence-corrected chi connectivity index (χ1v) is 2.71.